The highest BCUT2D eigenvalue weighted by atomic mass is 16.6. The predicted molar refractivity (Wildman–Crippen MR) is 66.9 cm³/mol. The zero-order valence-electron chi connectivity index (χ0n) is 10.6. The first-order valence-electron chi connectivity index (χ1n) is 5.91. The van der Waals surface area contributed by atoms with Gasteiger partial charge in [-0.1, -0.05) is 5.92 Å². The Bertz CT molecular complexity index is 667. The predicted octanol–water partition coefficient (Wildman–Crippen LogP) is -2.41. The van der Waals surface area contributed by atoms with Gasteiger partial charge in [0.1, 0.15) is 30.0 Å². The van der Waals surface area contributed by atoms with E-state index in [1.165, 1.54) is 6.92 Å². The van der Waals surface area contributed by atoms with Crippen molar-refractivity contribution < 1.29 is 20.1 Å². The van der Waals surface area contributed by atoms with Crippen molar-refractivity contribution in [2.24, 2.45) is 0 Å². The second-order valence-corrected chi connectivity index (χ2v) is 4.33. The maximum atomic E-state index is 11.7. The number of aliphatic hydroxyl groups is 3. The van der Waals surface area contributed by atoms with E-state index in [2.05, 4.69) is 16.8 Å². The SMILES string of the molecule is CC#Cc1c(C2O[C@@H](CO)[C@H](O)[C@H]2O)[nH]c(=O)[nH]c1=O. The standard InChI is InChI=1S/C12H14N2O6/c1-2-3-5-7(13-12(19)14-11(5)18)10-9(17)8(16)6(4-15)20-10/h6,8-10,15-17H,4H2,1H3,(H2,13,14,18,19)/t6-,8-,9+,10?/m0/s1. The fraction of sp³-hybridized carbons (Fsp3) is 0.500. The molecule has 0 spiro atoms. The molecule has 8 heteroatoms. The molecule has 2 heterocycles. The Morgan fingerprint density at radius 3 is 2.50 bits per heavy atom. The van der Waals surface area contributed by atoms with Crippen LogP contribution in [0.25, 0.3) is 0 Å². The van der Waals surface area contributed by atoms with E-state index in [0.717, 1.165) is 0 Å². The first-order chi connectivity index (χ1) is 9.49. The molecule has 5 N–H and O–H groups in total. The average molecular weight is 282 g/mol. The lowest BCUT2D eigenvalue weighted by molar-refractivity contribution is -0.0241. The number of hydrogen-bond acceptors (Lipinski definition) is 6. The van der Waals surface area contributed by atoms with E-state index in [9.17, 15) is 19.8 Å². The monoisotopic (exact) mass is 282 g/mol. The molecule has 0 amide bonds. The smallest absolute Gasteiger partial charge is 0.326 e. The maximum absolute atomic E-state index is 11.7. The summed E-state index contributed by atoms with van der Waals surface area (Å²) in [5.74, 6) is 5.04. The molecule has 0 aliphatic carbocycles. The maximum Gasteiger partial charge on any atom is 0.326 e. The molecule has 8 nitrogen and oxygen atoms in total. The van der Waals surface area contributed by atoms with Gasteiger partial charge in [-0.25, -0.2) is 4.79 Å². The number of ether oxygens (including phenoxy) is 1. The van der Waals surface area contributed by atoms with Crippen molar-refractivity contribution in [1.29, 1.82) is 0 Å². The Kier molecular flexibility index (Phi) is 4.06. The van der Waals surface area contributed by atoms with Gasteiger partial charge < -0.3 is 25.0 Å². The number of aliphatic hydroxyl groups excluding tert-OH is 3. The Morgan fingerprint density at radius 2 is 1.95 bits per heavy atom. The molecule has 0 radical (unpaired) electrons. The fourth-order valence-electron chi connectivity index (χ4n) is 2.10. The number of H-pyrrole nitrogens is 2. The van der Waals surface area contributed by atoms with E-state index in [0.29, 0.717) is 0 Å². The van der Waals surface area contributed by atoms with Gasteiger partial charge in [-0.15, -0.1) is 5.92 Å². The lowest BCUT2D eigenvalue weighted by Gasteiger charge is -2.15. The molecule has 0 aromatic carbocycles. The highest BCUT2D eigenvalue weighted by Crippen LogP contribution is 2.32. The third-order valence-corrected chi connectivity index (χ3v) is 3.05. The molecular weight excluding hydrogens is 268 g/mol. The molecule has 1 aromatic rings. The molecule has 1 saturated heterocycles. The molecule has 1 fully saturated rings. The molecule has 0 saturated carbocycles. The molecule has 1 unspecified atom stereocenters. The third kappa shape index (κ3) is 2.39. The molecule has 108 valence electrons. The van der Waals surface area contributed by atoms with Gasteiger partial charge in [0.15, 0.2) is 0 Å². The summed E-state index contributed by atoms with van der Waals surface area (Å²) >= 11 is 0. The van der Waals surface area contributed by atoms with Crippen molar-refractivity contribution >= 4 is 0 Å². The first kappa shape index (κ1) is 14.5. The van der Waals surface area contributed by atoms with Gasteiger partial charge in [-0.05, 0) is 6.92 Å². The molecular formula is C12H14N2O6. The largest absolute Gasteiger partial charge is 0.394 e. The van der Waals surface area contributed by atoms with Crippen molar-refractivity contribution in [2.75, 3.05) is 6.61 Å². The van der Waals surface area contributed by atoms with Crippen molar-refractivity contribution in [3.05, 3.63) is 32.1 Å². The van der Waals surface area contributed by atoms with Crippen LogP contribution in [0.15, 0.2) is 9.59 Å². The summed E-state index contributed by atoms with van der Waals surface area (Å²) in [5.41, 5.74) is -1.56. The molecule has 1 aliphatic rings. The minimum absolute atomic E-state index is 0.0180. The number of hydrogen-bond donors (Lipinski definition) is 5. The molecule has 0 bridgehead atoms. The Hall–Kier alpha value is -1.92. The van der Waals surface area contributed by atoms with Crippen LogP contribution in [0.1, 0.15) is 24.3 Å². The van der Waals surface area contributed by atoms with Gasteiger partial charge >= 0.3 is 5.69 Å². The summed E-state index contributed by atoms with van der Waals surface area (Å²) in [5, 5.41) is 28.7. The van der Waals surface area contributed by atoms with Crippen LogP contribution in [0.5, 0.6) is 0 Å². The quantitative estimate of drug-likeness (QED) is 0.383. The van der Waals surface area contributed by atoms with E-state index >= 15 is 0 Å². The zero-order chi connectivity index (χ0) is 14.9. The first-order valence-corrected chi connectivity index (χ1v) is 5.91. The van der Waals surface area contributed by atoms with Crippen LogP contribution in [0.3, 0.4) is 0 Å². The lowest BCUT2D eigenvalue weighted by Crippen LogP contribution is -2.34. The Balaban J connectivity index is 2.55. The lowest BCUT2D eigenvalue weighted by atomic mass is 10.0. The summed E-state index contributed by atoms with van der Waals surface area (Å²) in [6, 6.07) is 0. The van der Waals surface area contributed by atoms with Gasteiger partial charge in [0, 0.05) is 0 Å². The van der Waals surface area contributed by atoms with Crippen LogP contribution in [0, 0.1) is 11.8 Å². The third-order valence-electron chi connectivity index (χ3n) is 3.05. The minimum atomic E-state index is -1.39. The van der Waals surface area contributed by atoms with E-state index < -0.39 is 42.3 Å². The second kappa shape index (κ2) is 5.60. The second-order valence-electron chi connectivity index (χ2n) is 4.33. The van der Waals surface area contributed by atoms with E-state index in [-0.39, 0.29) is 11.3 Å². The van der Waals surface area contributed by atoms with Crippen molar-refractivity contribution in [3.63, 3.8) is 0 Å². The number of aromatic amines is 2. The van der Waals surface area contributed by atoms with Gasteiger partial charge in [-0.3, -0.25) is 9.78 Å². The fourth-order valence-corrected chi connectivity index (χ4v) is 2.10. The summed E-state index contributed by atoms with van der Waals surface area (Å²) in [4.78, 5) is 27.4. The van der Waals surface area contributed by atoms with Crippen LogP contribution >= 0.6 is 0 Å². The zero-order valence-corrected chi connectivity index (χ0v) is 10.6. The molecule has 1 aliphatic heterocycles. The normalized spacial score (nSPS) is 29.0. The number of rotatable bonds is 2. The van der Waals surface area contributed by atoms with Crippen LogP contribution in [-0.4, -0.2) is 50.2 Å². The van der Waals surface area contributed by atoms with Gasteiger partial charge in [-0.2, -0.15) is 0 Å². The summed E-state index contributed by atoms with van der Waals surface area (Å²) in [7, 11) is 0. The minimum Gasteiger partial charge on any atom is -0.394 e. The molecule has 1 aromatic heterocycles. The van der Waals surface area contributed by atoms with E-state index in [1.807, 2.05) is 4.98 Å². The van der Waals surface area contributed by atoms with Crippen LogP contribution in [0.4, 0.5) is 0 Å². The van der Waals surface area contributed by atoms with Crippen LogP contribution in [-0.2, 0) is 4.74 Å². The Labute approximate surface area is 113 Å². The van der Waals surface area contributed by atoms with Crippen LogP contribution in [0.2, 0.25) is 0 Å². The highest BCUT2D eigenvalue weighted by Gasteiger charge is 2.44. The average Bonchev–Trinajstić information content (AvgIpc) is 2.69. The number of nitrogens with one attached hydrogen (secondary N) is 2. The highest BCUT2D eigenvalue weighted by molar-refractivity contribution is 5.37. The molecule has 4 atom stereocenters. The van der Waals surface area contributed by atoms with E-state index in [1.54, 1.807) is 0 Å². The van der Waals surface area contributed by atoms with Crippen LogP contribution < -0.4 is 11.2 Å². The summed E-state index contributed by atoms with van der Waals surface area (Å²) < 4.78 is 5.28. The van der Waals surface area contributed by atoms with Crippen molar-refractivity contribution in [2.45, 2.75) is 31.3 Å². The molecule has 20 heavy (non-hydrogen) atoms. The summed E-state index contributed by atoms with van der Waals surface area (Å²) in [6.45, 7) is 1.00. The van der Waals surface area contributed by atoms with Crippen molar-refractivity contribution in [3.8, 4) is 11.8 Å². The van der Waals surface area contributed by atoms with Gasteiger partial charge in [0.2, 0.25) is 0 Å². The van der Waals surface area contributed by atoms with Gasteiger partial charge in [0.25, 0.3) is 5.56 Å². The number of aromatic nitrogens is 2. The molecule has 2 rings (SSSR count). The van der Waals surface area contributed by atoms with Crippen molar-refractivity contribution in [1.82, 2.24) is 9.97 Å². The van der Waals surface area contributed by atoms with E-state index in [4.69, 9.17) is 9.84 Å². The summed E-state index contributed by atoms with van der Waals surface area (Å²) in [6.07, 6.45) is -4.86. The Morgan fingerprint density at radius 1 is 1.25 bits per heavy atom. The van der Waals surface area contributed by atoms with Gasteiger partial charge in [0.05, 0.1) is 12.3 Å². The topological polar surface area (TPSA) is 136 Å².